The first-order chi connectivity index (χ1) is 33.9. The number of phenols is 1. The third kappa shape index (κ3) is 22.3. The van der Waals surface area contributed by atoms with Gasteiger partial charge in [-0.2, -0.15) is 11.8 Å². The molecule has 2 aromatic carbocycles. The number of rotatable bonds is 33. The van der Waals surface area contributed by atoms with E-state index in [0.29, 0.717) is 5.56 Å². The van der Waals surface area contributed by atoms with Crippen molar-refractivity contribution in [1.29, 1.82) is 0 Å². The van der Waals surface area contributed by atoms with Crippen LogP contribution in [0.25, 0.3) is 0 Å². The second-order valence-electron chi connectivity index (χ2n) is 16.1. The molecule has 0 aromatic heterocycles. The van der Waals surface area contributed by atoms with Crippen LogP contribution in [0.4, 0.5) is 0 Å². The second-order valence-corrected chi connectivity index (χ2v) is 17.1. The molecule has 28 heteroatoms. The minimum absolute atomic E-state index is 0.162. The number of carboxylic acid groups (broad SMARTS) is 3. The van der Waals surface area contributed by atoms with E-state index in [1.165, 1.54) is 36.0 Å². The lowest BCUT2D eigenvalue weighted by atomic mass is 10.0. The van der Waals surface area contributed by atoms with Gasteiger partial charge in [0.15, 0.2) is 0 Å². The van der Waals surface area contributed by atoms with Crippen molar-refractivity contribution in [1.82, 2.24) is 37.2 Å². The number of carboxylic acids is 3. The maximum atomic E-state index is 13.9. The van der Waals surface area contributed by atoms with Crippen molar-refractivity contribution in [3.8, 4) is 5.75 Å². The molecule has 18 N–H and O–H groups in total. The smallest absolute Gasteiger partial charge is 0.326 e. The molecule has 2 aromatic rings. The van der Waals surface area contributed by atoms with E-state index in [1.807, 2.05) is 0 Å². The number of amides is 9. The average Bonchev–Trinajstić information content (AvgIpc) is 3.31. The summed E-state index contributed by atoms with van der Waals surface area (Å²) in [6, 6.07) is -0.348. The van der Waals surface area contributed by atoms with Crippen LogP contribution in [-0.2, 0) is 70.4 Å². The normalized spacial score (nSPS) is 14.2. The molecule has 0 saturated carbocycles. The number of aliphatic hydroxyl groups is 1. The minimum atomic E-state index is -2.11. The van der Waals surface area contributed by atoms with Gasteiger partial charge in [-0.25, -0.2) is 4.79 Å². The molecular weight excluding hydrogens is 973 g/mol. The molecule has 0 bridgehead atoms. The number of nitrogens with one attached hydrogen (secondary N) is 7. The lowest BCUT2D eigenvalue weighted by Gasteiger charge is -2.27. The highest BCUT2D eigenvalue weighted by atomic mass is 32.2. The molecule has 0 spiro atoms. The first kappa shape index (κ1) is 60.3. The summed E-state index contributed by atoms with van der Waals surface area (Å²) in [7, 11) is 0. The summed E-state index contributed by atoms with van der Waals surface area (Å²) in [6.07, 6.45) is -2.91. The fourth-order valence-corrected chi connectivity index (χ4v) is 6.96. The number of primary amides is 2. The van der Waals surface area contributed by atoms with Crippen LogP contribution in [0.3, 0.4) is 0 Å². The highest BCUT2D eigenvalue weighted by molar-refractivity contribution is 7.98. The van der Waals surface area contributed by atoms with Gasteiger partial charge in [0.2, 0.25) is 53.2 Å². The largest absolute Gasteiger partial charge is 0.508 e. The topological polar surface area (TPSA) is 468 Å². The number of aliphatic carboxylic acids is 3. The van der Waals surface area contributed by atoms with Gasteiger partial charge in [0, 0.05) is 25.7 Å². The van der Waals surface area contributed by atoms with Gasteiger partial charge in [-0.05, 0) is 54.5 Å². The monoisotopic (exact) mass is 1030 g/mol. The molecule has 394 valence electrons. The molecular formula is C44H60N10O17S. The molecule has 0 radical (unpaired) electrons. The lowest BCUT2D eigenvalue weighted by Crippen LogP contribution is -2.61. The molecule has 27 nitrogen and oxygen atoms in total. The fraction of sp³-hybridized carbons (Fsp3) is 0.455. The summed E-state index contributed by atoms with van der Waals surface area (Å²) in [4.78, 5) is 154. The van der Waals surface area contributed by atoms with Crippen LogP contribution in [0.15, 0.2) is 54.6 Å². The van der Waals surface area contributed by atoms with E-state index in [9.17, 15) is 83.1 Å². The summed E-state index contributed by atoms with van der Waals surface area (Å²) in [5.74, 6) is -14.8. The third-order valence-corrected chi connectivity index (χ3v) is 11.0. The molecule has 9 amide bonds. The van der Waals surface area contributed by atoms with Crippen LogP contribution in [0.5, 0.6) is 5.75 Å². The number of carbonyl (C=O) groups is 12. The zero-order valence-electron chi connectivity index (χ0n) is 38.9. The molecule has 0 heterocycles. The first-order valence-electron chi connectivity index (χ1n) is 22.0. The molecule has 0 unspecified atom stereocenters. The quantitative estimate of drug-likeness (QED) is 0.0319. The maximum absolute atomic E-state index is 13.9. The fourth-order valence-electron chi connectivity index (χ4n) is 6.49. The first-order valence-corrected chi connectivity index (χ1v) is 23.4. The molecule has 0 aliphatic rings. The average molecular weight is 1030 g/mol. The van der Waals surface area contributed by atoms with Crippen LogP contribution < -0.4 is 54.4 Å². The number of hydrogen-bond acceptors (Lipinski definition) is 16. The standard InChI is InChI=1S/C44H60N10O17S/c1-72-16-15-27(39(65)48-26(12-14-34(47)58)38(64)53-31(44(70)71)18-22-5-3-2-4-6-22)49-41(67)29(19-35(59)60)52-42(68)30(20-36(61)62)51-40(66)28(17-23-7-9-24(56)10-8-23)50-43(69)32(21-55)54-37(63)25(45)11-13-33(46)57/h2-10,25-32,55-56H,11-21,45H2,1H3,(H2,46,57)(H2,47,58)(H,48,65)(H,49,67)(H,50,69)(H,51,66)(H,52,68)(H,53,64)(H,54,63)(H,59,60)(H,61,62)(H,70,71)/t25-,26-,27-,28-,29-,30-,31-,32-/m0/s1. The Hall–Kier alpha value is -7.85. The van der Waals surface area contributed by atoms with Crippen LogP contribution >= 0.6 is 11.8 Å². The Bertz CT molecular complexity index is 2260. The molecule has 0 fully saturated rings. The highest BCUT2D eigenvalue weighted by Crippen LogP contribution is 2.13. The Morgan fingerprint density at radius 1 is 0.500 bits per heavy atom. The van der Waals surface area contributed by atoms with Gasteiger partial charge >= 0.3 is 17.9 Å². The Balaban J connectivity index is 2.40. The van der Waals surface area contributed by atoms with Crippen molar-refractivity contribution < 1.29 is 83.1 Å². The van der Waals surface area contributed by atoms with Gasteiger partial charge in [0.1, 0.15) is 48.0 Å². The Labute approximate surface area is 415 Å². The van der Waals surface area contributed by atoms with E-state index in [0.717, 1.165) is 0 Å². The predicted molar refractivity (Wildman–Crippen MR) is 253 cm³/mol. The van der Waals surface area contributed by atoms with Crippen molar-refractivity contribution in [3.63, 3.8) is 0 Å². The molecule has 72 heavy (non-hydrogen) atoms. The van der Waals surface area contributed by atoms with E-state index in [-0.39, 0.29) is 42.7 Å². The van der Waals surface area contributed by atoms with Crippen molar-refractivity contribution in [2.24, 2.45) is 17.2 Å². The minimum Gasteiger partial charge on any atom is -0.508 e. The van der Waals surface area contributed by atoms with E-state index in [1.54, 1.807) is 36.6 Å². The number of carbonyl (C=O) groups excluding carboxylic acids is 9. The third-order valence-electron chi connectivity index (χ3n) is 10.3. The summed E-state index contributed by atoms with van der Waals surface area (Å²) < 4.78 is 0. The number of aromatic hydroxyl groups is 1. The van der Waals surface area contributed by atoms with E-state index < -0.39 is 158 Å². The van der Waals surface area contributed by atoms with Crippen molar-refractivity contribution >= 4 is 82.8 Å². The van der Waals surface area contributed by atoms with Gasteiger partial charge in [0.25, 0.3) is 0 Å². The number of hydrogen-bond donors (Lipinski definition) is 15. The summed E-state index contributed by atoms with van der Waals surface area (Å²) in [6.45, 7) is -1.04. The van der Waals surface area contributed by atoms with Crippen molar-refractivity contribution in [3.05, 3.63) is 65.7 Å². The van der Waals surface area contributed by atoms with Crippen LogP contribution in [0.2, 0.25) is 0 Å². The van der Waals surface area contributed by atoms with Gasteiger partial charge in [-0.1, -0.05) is 42.5 Å². The zero-order valence-corrected chi connectivity index (χ0v) is 39.7. The highest BCUT2D eigenvalue weighted by Gasteiger charge is 2.36. The van der Waals surface area contributed by atoms with Gasteiger partial charge in [-0.15, -0.1) is 0 Å². The zero-order chi connectivity index (χ0) is 54.1. The summed E-state index contributed by atoms with van der Waals surface area (Å²) >= 11 is 1.20. The number of aliphatic hydroxyl groups excluding tert-OH is 1. The molecule has 0 aliphatic carbocycles. The molecule has 0 aliphatic heterocycles. The second kappa shape index (κ2) is 30.7. The van der Waals surface area contributed by atoms with Crippen molar-refractivity contribution in [2.45, 2.75) is 106 Å². The SMILES string of the molecule is CSCC[C@H](NC(=O)[C@H](CC(=O)O)NC(=O)[C@H](CC(=O)O)NC(=O)[C@H](Cc1ccc(O)cc1)NC(=O)[C@H](CO)NC(=O)[C@@H](N)CCC(N)=O)C(=O)N[C@@H](CCC(N)=O)C(=O)N[C@@H](Cc1ccccc1)C(=O)O. The maximum Gasteiger partial charge on any atom is 0.326 e. The molecule has 2 rings (SSSR count). The Morgan fingerprint density at radius 3 is 1.36 bits per heavy atom. The number of nitrogens with two attached hydrogens (primary N) is 3. The number of thioether (sulfide) groups is 1. The summed E-state index contributed by atoms with van der Waals surface area (Å²) in [5.41, 5.74) is 16.9. The summed E-state index contributed by atoms with van der Waals surface area (Å²) in [5, 5.41) is 64.7. The van der Waals surface area contributed by atoms with Crippen LogP contribution in [-0.4, -0.2) is 164 Å². The number of benzene rings is 2. The Kier molecular flexibility index (Phi) is 25.7. The molecule has 8 atom stereocenters. The van der Waals surface area contributed by atoms with E-state index in [2.05, 4.69) is 37.2 Å². The lowest BCUT2D eigenvalue weighted by molar-refractivity contribution is -0.143. The van der Waals surface area contributed by atoms with Gasteiger partial charge < -0.3 is 80.0 Å². The van der Waals surface area contributed by atoms with E-state index >= 15 is 0 Å². The Morgan fingerprint density at radius 2 is 0.889 bits per heavy atom. The van der Waals surface area contributed by atoms with E-state index in [4.69, 9.17) is 17.2 Å². The van der Waals surface area contributed by atoms with Crippen LogP contribution in [0.1, 0.15) is 56.1 Å². The van der Waals surface area contributed by atoms with Gasteiger partial charge in [0.05, 0.1) is 25.5 Å². The molecule has 0 saturated heterocycles. The predicted octanol–water partition coefficient (Wildman–Crippen LogP) is -4.79. The van der Waals surface area contributed by atoms with Crippen LogP contribution in [0, 0.1) is 0 Å². The number of phenolic OH excluding ortho intramolecular Hbond substituents is 1. The van der Waals surface area contributed by atoms with Crippen molar-refractivity contribution in [2.75, 3.05) is 18.6 Å². The van der Waals surface area contributed by atoms with Gasteiger partial charge in [-0.3, -0.25) is 52.7 Å².